The normalized spacial score (nSPS) is 20.2. The van der Waals surface area contributed by atoms with Crippen LogP contribution in [0.2, 0.25) is 0 Å². The van der Waals surface area contributed by atoms with Crippen molar-refractivity contribution in [3.8, 4) is 0 Å². The molecule has 1 amide bonds. The summed E-state index contributed by atoms with van der Waals surface area (Å²) in [5.74, 6) is -0.134. The lowest BCUT2D eigenvalue weighted by atomic mass is 10.1. The van der Waals surface area contributed by atoms with E-state index in [1.165, 1.54) is 17.0 Å². The zero-order valence-electron chi connectivity index (χ0n) is 12.7. The van der Waals surface area contributed by atoms with Crippen molar-refractivity contribution in [1.29, 1.82) is 0 Å². The Kier molecular flexibility index (Phi) is 4.68. The van der Waals surface area contributed by atoms with Crippen LogP contribution in [0.3, 0.4) is 0 Å². The summed E-state index contributed by atoms with van der Waals surface area (Å²) in [7, 11) is -0.127. The highest BCUT2D eigenvalue weighted by atomic mass is 32.2. The Labute approximate surface area is 126 Å². The number of hydrogen-bond acceptors (Lipinski definition) is 3. The van der Waals surface area contributed by atoms with Crippen molar-refractivity contribution in [2.45, 2.75) is 37.1 Å². The number of amides is 1. The number of rotatable bonds is 3. The fraction of sp³-hybridized carbons (Fsp3) is 0.533. The molecule has 1 aromatic carbocycles. The molecule has 1 saturated heterocycles. The lowest BCUT2D eigenvalue weighted by Gasteiger charge is -2.32. The summed E-state index contributed by atoms with van der Waals surface area (Å²) < 4.78 is 26.9. The van der Waals surface area contributed by atoms with Crippen molar-refractivity contribution < 1.29 is 13.2 Å². The molecule has 0 saturated carbocycles. The second-order valence-corrected chi connectivity index (χ2v) is 7.58. The molecule has 6 heteroatoms. The van der Waals surface area contributed by atoms with E-state index in [0.29, 0.717) is 12.1 Å². The summed E-state index contributed by atoms with van der Waals surface area (Å²) in [5, 5.41) is 0. The monoisotopic (exact) mass is 310 g/mol. The molecule has 0 aliphatic carbocycles. The lowest BCUT2D eigenvalue weighted by Crippen LogP contribution is -2.41. The Hall–Kier alpha value is -1.40. The van der Waals surface area contributed by atoms with E-state index in [0.717, 1.165) is 19.3 Å². The van der Waals surface area contributed by atoms with E-state index in [9.17, 15) is 13.2 Å². The molecule has 1 atom stereocenters. The van der Waals surface area contributed by atoms with Crippen molar-refractivity contribution in [3.05, 3.63) is 29.8 Å². The molecule has 116 valence electrons. The number of hydrogen-bond donors (Lipinski definition) is 0. The molecule has 21 heavy (non-hydrogen) atoms. The van der Waals surface area contributed by atoms with Gasteiger partial charge in [-0.1, -0.05) is 6.42 Å². The molecule has 0 bridgehead atoms. The third-order valence-corrected chi connectivity index (χ3v) is 5.88. The largest absolute Gasteiger partial charge is 0.345 e. The first kappa shape index (κ1) is 16.0. The van der Waals surface area contributed by atoms with Gasteiger partial charge >= 0.3 is 0 Å². The van der Waals surface area contributed by atoms with Crippen molar-refractivity contribution in [2.24, 2.45) is 0 Å². The van der Waals surface area contributed by atoms with Gasteiger partial charge in [0.1, 0.15) is 0 Å². The lowest BCUT2D eigenvalue weighted by molar-refractivity contribution is 0.0827. The van der Waals surface area contributed by atoms with Crippen LogP contribution in [-0.4, -0.2) is 50.2 Å². The van der Waals surface area contributed by atoms with E-state index in [1.54, 1.807) is 30.5 Å². The molecule has 1 unspecified atom stereocenters. The van der Waals surface area contributed by atoms with Gasteiger partial charge in [0.15, 0.2) is 0 Å². The first-order chi connectivity index (χ1) is 9.84. The van der Waals surface area contributed by atoms with Crippen LogP contribution in [0.15, 0.2) is 29.2 Å². The van der Waals surface area contributed by atoms with Gasteiger partial charge in [0, 0.05) is 32.2 Å². The van der Waals surface area contributed by atoms with E-state index in [1.807, 2.05) is 6.92 Å². The smallest absolute Gasteiger partial charge is 0.253 e. The van der Waals surface area contributed by atoms with Gasteiger partial charge in [-0.3, -0.25) is 4.79 Å². The van der Waals surface area contributed by atoms with Gasteiger partial charge in [-0.15, -0.1) is 0 Å². The fourth-order valence-corrected chi connectivity index (χ4v) is 4.29. The molecule has 1 aliphatic heterocycles. The summed E-state index contributed by atoms with van der Waals surface area (Å²) in [6.07, 6.45) is 2.88. The zero-order valence-corrected chi connectivity index (χ0v) is 13.6. The van der Waals surface area contributed by atoms with Gasteiger partial charge in [-0.05, 0) is 44.0 Å². The molecule has 0 aromatic heterocycles. The molecule has 5 nitrogen and oxygen atoms in total. The number of piperidine rings is 1. The predicted octanol–water partition coefficient (Wildman–Crippen LogP) is 1.95. The Morgan fingerprint density at radius 2 is 1.81 bits per heavy atom. The highest BCUT2D eigenvalue weighted by molar-refractivity contribution is 7.89. The Morgan fingerprint density at radius 3 is 2.33 bits per heavy atom. The van der Waals surface area contributed by atoms with Crippen LogP contribution in [0.1, 0.15) is 36.5 Å². The predicted molar refractivity (Wildman–Crippen MR) is 81.7 cm³/mol. The van der Waals surface area contributed by atoms with Gasteiger partial charge in [-0.2, -0.15) is 4.31 Å². The maximum Gasteiger partial charge on any atom is 0.253 e. The second kappa shape index (κ2) is 6.15. The average Bonchev–Trinajstić information content (AvgIpc) is 2.46. The molecular weight excluding hydrogens is 288 g/mol. The summed E-state index contributed by atoms with van der Waals surface area (Å²) in [4.78, 5) is 13.5. The first-order valence-electron chi connectivity index (χ1n) is 7.17. The number of benzene rings is 1. The highest BCUT2D eigenvalue weighted by Crippen LogP contribution is 2.25. The number of nitrogens with zero attached hydrogens (tertiary/aromatic N) is 2. The molecule has 2 rings (SSSR count). The third kappa shape index (κ3) is 3.27. The summed E-state index contributed by atoms with van der Waals surface area (Å²) >= 11 is 0. The van der Waals surface area contributed by atoms with Crippen LogP contribution < -0.4 is 0 Å². The van der Waals surface area contributed by atoms with Crippen LogP contribution in [0.25, 0.3) is 0 Å². The van der Waals surface area contributed by atoms with Gasteiger partial charge in [0.2, 0.25) is 10.0 Å². The van der Waals surface area contributed by atoms with Crippen molar-refractivity contribution >= 4 is 15.9 Å². The number of carbonyl (C=O) groups is 1. The molecule has 0 radical (unpaired) electrons. The Balaban J connectivity index is 2.27. The molecule has 1 fully saturated rings. The van der Waals surface area contributed by atoms with E-state index >= 15 is 0 Å². The van der Waals surface area contributed by atoms with E-state index in [4.69, 9.17) is 0 Å². The van der Waals surface area contributed by atoms with Gasteiger partial charge in [0.05, 0.1) is 4.90 Å². The van der Waals surface area contributed by atoms with Crippen LogP contribution >= 0.6 is 0 Å². The van der Waals surface area contributed by atoms with Gasteiger partial charge in [0.25, 0.3) is 5.91 Å². The standard InChI is InChI=1S/C15H22N2O3S/c1-12-6-4-5-11-17(12)21(19,20)14-9-7-13(8-10-14)15(18)16(2)3/h7-10,12H,4-6,11H2,1-3H3. The summed E-state index contributed by atoms with van der Waals surface area (Å²) in [6, 6.07) is 6.22. The number of sulfonamides is 1. The molecule has 1 heterocycles. The van der Waals surface area contributed by atoms with Gasteiger partial charge in [-0.25, -0.2) is 8.42 Å². The zero-order chi connectivity index (χ0) is 15.6. The van der Waals surface area contributed by atoms with Crippen molar-refractivity contribution in [3.63, 3.8) is 0 Å². The van der Waals surface area contributed by atoms with Crippen LogP contribution in [0, 0.1) is 0 Å². The Morgan fingerprint density at radius 1 is 1.19 bits per heavy atom. The van der Waals surface area contributed by atoms with Crippen molar-refractivity contribution in [2.75, 3.05) is 20.6 Å². The molecule has 1 aromatic rings. The number of carbonyl (C=O) groups excluding carboxylic acids is 1. The first-order valence-corrected chi connectivity index (χ1v) is 8.61. The second-order valence-electron chi connectivity index (χ2n) is 5.68. The minimum Gasteiger partial charge on any atom is -0.345 e. The molecule has 0 N–H and O–H groups in total. The quantitative estimate of drug-likeness (QED) is 0.857. The maximum absolute atomic E-state index is 12.6. The average molecular weight is 310 g/mol. The molecular formula is C15H22N2O3S. The van der Waals surface area contributed by atoms with E-state index < -0.39 is 10.0 Å². The maximum atomic E-state index is 12.6. The summed E-state index contributed by atoms with van der Waals surface area (Å²) in [6.45, 7) is 2.52. The minimum absolute atomic E-state index is 0.0341. The molecule has 1 aliphatic rings. The SMILES string of the molecule is CC1CCCCN1S(=O)(=O)c1ccc(C(=O)N(C)C)cc1. The summed E-state index contributed by atoms with van der Waals surface area (Å²) in [5.41, 5.74) is 0.491. The topological polar surface area (TPSA) is 57.7 Å². The van der Waals surface area contributed by atoms with Crippen LogP contribution in [-0.2, 0) is 10.0 Å². The fourth-order valence-electron chi connectivity index (χ4n) is 2.59. The third-order valence-electron chi connectivity index (χ3n) is 3.86. The molecule has 0 spiro atoms. The highest BCUT2D eigenvalue weighted by Gasteiger charge is 2.30. The van der Waals surface area contributed by atoms with E-state index in [2.05, 4.69) is 0 Å². The minimum atomic E-state index is -3.47. The van der Waals surface area contributed by atoms with Crippen molar-refractivity contribution in [1.82, 2.24) is 9.21 Å². The van der Waals surface area contributed by atoms with Crippen LogP contribution in [0.4, 0.5) is 0 Å². The van der Waals surface area contributed by atoms with Crippen LogP contribution in [0.5, 0.6) is 0 Å². The van der Waals surface area contributed by atoms with E-state index in [-0.39, 0.29) is 16.8 Å². The Bertz CT molecular complexity index is 608. The van der Waals surface area contributed by atoms with Gasteiger partial charge < -0.3 is 4.90 Å².